The molecule has 0 atom stereocenters. The van der Waals surface area contributed by atoms with Gasteiger partial charge in [0.25, 0.3) is 0 Å². The van der Waals surface area contributed by atoms with Crippen molar-refractivity contribution in [2.24, 2.45) is 0 Å². The number of carboxylic acid groups (broad SMARTS) is 1. The number of hydrogen-bond donors (Lipinski definition) is 1. The Morgan fingerprint density at radius 1 is 1.33 bits per heavy atom. The smallest absolute Gasteiger partial charge is 0.373 e. The van der Waals surface area contributed by atoms with Gasteiger partial charge in [-0.3, -0.25) is 4.79 Å². The number of aromatic carboxylic acids is 1. The zero-order valence-electron chi connectivity index (χ0n) is 8.81. The van der Waals surface area contributed by atoms with Crippen LogP contribution in [0.5, 0.6) is 0 Å². The Kier molecular flexibility index (Phi) is 3.54. The van der Waals surface area contributed by atoms with Crippen LogP contribution in [0.25, 0.3) is 11.3 Å². The molecule has 1 aromatic carbocycles. The van der Waals surface area contributed by atoms with Crippen LogP contribution >= 0.6 is 27.5 Å². The van der Waals surface area contributed by atoms with Gasteiger partial charge in [-0.2, -0.15) is 0 Å². The highest BCUT2D eigenvalue weighted by molar-refractivity contribution is 9.10. The third-order valence-corrected chi connectivity index (χ3v) is 3.30. The van der Waals surface area contributed by atoms with Crippen molar-refractivity contribution in [1.82, 2.24) is 0 Å². The summed E-state index contributed by atoms with van der Waals surface area (Å²) in [5, 5.41) is 9.31. The average Bonchev–Trinajstić information content (AvgIpc) is 2.33. The third kappa shape index (κ3) is 2.32. The van der Waals surface area contributed by atoms with Gasteiger partial charge in [0.15, 0.2) is 0 Å². The minimum Gasteiger partial charge on any atom is -0.475 e. The van der Waals surface area contributed by atoms with Crippen LogP contribution in [0, 0.1) is 0 Å². The predicted octanol–water partition coefficient (Wildman–Crippen LogP) is 3.42. The predicted molar refractivity (Wildman–Crippen MR) is 70.1 cm³/mol. The minimum absolute atomic E-state index is 0.117. The standard InChI is InChI=1S/C12H6BrClO4/c13-10-8(15)5-9(18-11(10)12(16)17)6-3-1-2-4-7(6)14/h1-5H,(H,16,17). The molecule has 1 aromatic heterocycles. The normalized spacial score (nSPS) is 10.3. The molecule has 0 saturated carbocycles. The Hall–Kier alpha value is -1.59. The third-order valence-electron chi connectivity index (χ3n) is 2.22. The van der Waals surface area contributed by atoms with E-state index in [1.807, 2.05) is 0 Å². The van der Waals surface area contributed by atoms with Gasteiger partial charge in [-0.15, -0.1) is 0 Å². The number of carboxylic acids is 1. The van der Waals surface area contributed by atoms with Gasteiger partial charge in [-0.25, -0.2) is 4.79 Å². The van der Waals surface area contributed by atoms with Crippen LogP contribution in [0.2, 0.25) is 5.02 Å². The van der Waals surface area contributed by atoms with Crippen LogP contribution in [0.4, 0.5) is 0 Å². The Labute approximate surface area is 115 Å². The van der Waals surface area contributed by atoms with Gasteiger partial charge in [0.05, 0.1) is 5.02 Å². The lowest BCUT2D eigenvalue weighted by Crippen LogP contribution is -2.09. The minimum atomic E-state index is -1.33. The molecular weight excluding hydrogens is 323 g/mol. The number of halogens is 2. The molecule has 4 nitrogen and oxygen atoms in total. The van der Waals surface area contributed by atoms with Crippen LogP contribution in [0.1, 0.15) is 10.6 Å². The van der Waals surface area contributed by atoms with Crippen molar-refractivity contribution in [1.29, 1.82) is 0 Å². The fourth-order valence-electron chi connectivity index (χ4n) is 1.41. The van der Waals surface area contributed by atoms with Gasteiger partial charge in [0.1, 0.15) is 10.2 Å². The van der Waals surface area contributed by atoms with Crippen molar-refractivity contribution < 1.29 is 14.3 Å². The molecule has 0 fully saturated rings. The van der Waals surface area contributed by atoms with Crippen LogP contribution in [0.15, 0.2) is 44.0 Å². The second-order valence-electron chi connectivity index (χ2n) is 3.40. The van der Waals surface area contributed by atoms with E-state index in [0.29, 0.717) is 10.6 Å². The first kappa shape index (κ1) is 12.9. The molecule has 1 heterocycles. The molecule has 0 aliphatic rings. The highest BCUT2D eigenvalue weighted by atomic mass is 79.9. The highest BCUT2D eigenvalue weighted by Crippen LogP contribution is 2.28. The molecule has 18 heavy (non-hydrogen) atoms. The summed E-state index contributed by atoms with van der Waals surface area (Å²) in [7, 11) is 0. The van der Waals surface area contributed by atoms with E-state index >= 15 is 0 Å². The first-order chi connectivity index (χ1) is 8.50. The Balaban J connectivity index is 2.71. The van der Waals surface area contributed by atoms with E-state index in [1.165, 1.54) is 6.07 Å². The maximum atomic E-state index is 11.6. The number of hydrogen-bond acceptors (Lipinski definition) is 3. The van der Waals surface area contributed by atoms with Gasteiger partial charge in [-0.05, 0) is 28.1 Å². The molecule has 6 heteroatoms. The molecule has 0 amide bonds. The first-order valence-corrected chi connectivity index (χ1v) is 5.99. The Morgan fingerprint density at radius 2 is 2.00 bits per heavy atom. The summed E-state index contributed by atoms with van der Waals surface area (Å²) in [6, 6.07) is 7.89. The number of benzene rings is 1. The fraction of sp³-hybridized carbons (Fsp3) is 0. The number of rotatable bonds is 2. The van der Waals surface area contributed by atoms with Gasteiger partial charge in [0, 0.05) is 11.6 Å². The van der Waals surface area contributed by atoms with Crippen LogP contribution in [-0.2, 0) is 0 Å². The summed E-state index contributed by atoms with van der Waals surface area (Å²) in [5.74, 6) is -1.66. The van der Waals surface area contributed by atoms with Crippen molar-refractivity contribution in [3.05, 3.63) is 55.8 Å². The lowest BCUT2D eigenvalue weighted by molar-refractivity contribution is 0.0659. The van der Waals surface area contributed by atoms with E-state index in [9.17, 15) is 9.59 Å². The topological polar surface area (TPSA) is 67.5 Å². The van der Waals surface area contributed by atoms with Crippen molar-refractivity contribution in [3.63, 3.8) is 0 Å². The zero-order valence-corrected chi connectivity index (χ0v) is 11.2. The summed E-state index contributed by atoms with van der Waals surface area (Å²) in [4.78, 5) is 22.6. The number of carbonyl (C=O) groups is 1. The Morgan fingerprint density at radius 3 is 2.61 bits per heavy atom. The maximum Gasteiger partial charge on any atom is 0.373 e. The van der Waals surface area contributed by atoms with Gasteiger partial charge >= 0.3 is 5.97 Å². The second-order valence-corrected chi connectivity index (χ2v) is 4.60. The molecule has 0 unspecified atom stereocenters. The first-order valence-electron chi connectivity index (χ1n) is 4.82. The maximum absolute atomic E-state index is 11.6. The van der Waals surface area contributed by atoms with Crippen molar-refractivity contribution >= 4 is 33.5 Å². The highest BCUT2D eigenvalue weighted by Gasteiger charge is 2.18. The molecule has 0 spiro atoms. The summed E-state index contributed by atoms with van der Waals surface area (Å²) >= 11 is 8.85. The molecule has 92 valence electrons. The van der Waals surface area contributed by atoms with E-state index in [-0.39, 0.29) is 10.2 Å². The molecule has 2 aromatic rings. The second kappa shape index (κ2) is 4.96. The van der Waals surface area contributed by atoms with Gasteiger partial charge in [0.2, 0.25) is 11.2 Å². The van der Waals surface area contributed by atoms with Crippen LogP contribution in [0.3, 0.4) is 0 Å². The fourth-order valence-corrected chi connectivity index (χ4v) is 2.00. The summed E-state index contributed by atoms with van der Waals surface area (Å²) in [6.45, 7) is 0. The summed E-state index contributed by atoms with van der Waals surface area (Å²) in [6.07, 6.45) is 0. The van der Waals surface area contributed by atoms with Crippen LogP contribution < -0.4 is 5.43 Å². The molecule has 0 aliphatic heterocycles. The van der Waals surface area contributed by atoms with Gasteiger partial charge < -0.3 is 9.52 Å². The lowest BCUT2D eigenvalue weighted by atomic mass is 10.1. The molecule has 0 saturated heterocycles. The molecule has 0 radical (unpaired) electrons. The molecule has 2 rings (SSSR count). The molecule has 1 N–H and O–H groups in total. The van der Waals surface area contributed by atoms with E-state index in [4.69, 9.17) is 21.1 Å². The summed E-state index contributed by atoms with van der Waals surface area (Å²) < 4.78 is 5.07. The van der Waals surface area contributed by atoms with E-state index in [1.54, 1.807) is 24.3 Å². The van der Waals surface area contributed by atoms with E-state index < -0.39 is 17.2 Å². The van der Waals surface area contributed by atoms with Crippen molar-refractivity contribution in [2.75, 3.05) is 0 Å². The molecule has 0 aliphatic carbocycles. The molecule has 0 bridgehead atoms. The van der Waals surface area contributed by atoms with Crippen LogP contribution in [-0.4, -0.2) is 11.1 Å². The zero-order chi connectivity index (χ0) is 13.3. The molecular formula is C12H6BrClO4. The summed E-state index contributed by atoms with van der Waals surface area (Å²) in [5.41, 5.74) is -0.0140. The van der Waals surface area contributed by atoms with E-state index in [2.05, 4.69) is 15.9 Å². The lowest BCUT2D eigenvalue weighted by Gasteiger charge is -2.05. The van der Waals surface area contributed by atoms with E-state index in [0.717, 1.165) is 0 Å². The quantitative estimate of drug-likeness (QED) is 0.916. The average molecular weight is 330 g/mol. The SMILES string of the molecule is O=C(O)c1oc(-c2ccccc2Cl)cc(=O)c1Br. The Bertz CT molecular complexity index is 678. The monoisotopic (exact) mass is 328 g/mol. The van der Waals surface area contributed by atoms with Gasteiger partial charge in [-0.1, -0.05) is 23.7 Å². The van der Waals surface area contributed by atoms with Crippen molar-refractivity contribution in [3.8, 4) is 11.3 Å². The largest absolute Gasteiger partial charge is 0.475 e. The van der Waals surface area contributed by atoms with Crippen molar-refractivity contribution in [2.45, 2.75) is 0 Å².